The molecule has 3 rings (SSSR count). The number of hydrogen-bond acceptors (Lipinski definition) is 6. The number of nitrogens with zero attached hydrogens (tertiary/aromatic N) is 6. The molecular formula is C21H33N7OS. The lowest BCUT2D eigenvalue weighted by atomic mass is 10.2. The maximum atomic E-state index is 5.54. The molecule has 0 spiro atoms. The highest BCUT2D eigenvalue weighted by Crippen LogP contribution is 2.28. The van der Waals surface area contributed by atoms with Gasteiger partial charge in [0.2, 0.25) is 0 Å². The summed E-state index contributed by atoms with van der Waals surface area (Å²) in [6.07, 6.45) is 4.81. The number of methoxy groups -OCH3 is 1. The van der Waals surface area contributed by atoms with Crippen LogP contribution in [0.15, 0.2) is 35.6 Å². The number of aliphatic imine (C=N–C) groups is 1. The number of nitrogens with one attached hydrogen (secondary N) is 1. The van der Waals surface area contributed by atoms with E-state index in [4.69, 9.17) is 9.73 Å². The minimum Gasteiger partial charge on any atom is -0.495 e. The van der Waals surface area contributed by atoms with Crippen molar-refractivity contribution in [3.63, 3.8) is 0 Å². The van der Waals surface area contributed by atoms with Crippen LogP contribution in [0.2, 0.25) is 0 Å². The molecule has 1 aromatic heterocycles. The maximum Gasteiger partial charge on any atom is 0.194 e. The molecule has 30 heavy (non-hydrogen) atoms. The molecule has 1 aliphatic heterocycles. The molecule has 0 atom stereocenters. The molecule has 9 heteroatoms. The topological polar surface area (TPSA) is 70.8 Å². The van der Waals surface area contributed by atoms with Gasteiger partial charge in [-0.15, -0.1) is 10.2 Å². The first kappa shape index (κ1) is 22.3. The average Bonchev–Trinajstić information content (AvgIpc) is 3.26. The fourth-order valence-electron chi connectivity index (χ4n) is 3.59. The van der Waals surface area contributed by atoms with E-state index >= 15 is 0 Å². The minimum atomic E-state index is 0.801. The van der Waals surface area contributed by atoms with Crippen LogP contribution in [0.4, 0.5) is 5.69 Å². The van der Waals surface area contributed by atoms with Crippen LogP contribution in [0.5, 0.6) is 5.75 Å². The number of guanidine groups is 1. The van der Waals surface area contributed by atoms with Crippen LogP contribution in [0, 0.1) is 0 Å². The number of anilines is 1. The normalized spacial score (nSPS) is 14.8. The van der Waals surface area contributed by atoms with Crippen molar-refractivity contribution in [3.8, 4) is 5.75 Å². The Morgan fingerprint density at radius 1 is 1.23 bits per heavy atom. The van der Waals surface area contributed by atoms with E-state index in [9.17, 15) is 0 Å². The molecule has 1 aromatic carbocycles. The van der Waals surface area contributed by atoms with Gasteiger partial charge in [-0.25, -0.2) is 0 Å². The van der Waals surface area contributed by atoms with Gasteiger partial charge in [0, 0.05) is 51.4 Å². The van der Waals surface area contributed by atoms with Gasteiger partial charge < -0.3 is 24.4 Å². The molecule has 1 aliphatic rings. The molecule has 0 aliphatic carbocycles. The molecule has 2 heterocycles. The number of thioether (sulfide) groups is 1. The van der Waals surface area contributed by atoms with Gasteiger partial charge in [-0.05, 0) is 18.4 Å². The van der Waals surface area contributed by atoms with Crippen LogP contribution in [-0.2, 0) is 13.0 Å². The van der Waals surface area contributed by atoms with Crippen LogP contribution in [0.1, 0.15) is 12.7 Å². The Morgan fingerprint density at radius 2 is 2.03 bits per heavy atom. The second kappa shape index (κ2) is 11.7. The summed E-state index contributed by atoms with van der Waals surface area (Å²) in [5, 5.41) is 11.7. The minimum absolute atomic E-state index is 0.801. The summed E-state index contributed by atoms with van der Waals surface area (Å²) < 4.78 is 7.64. The van der Waals surface area contributed by atoms with Crippen LogP contribution in [0.25, 0.3) is 0 Å². The molecule has 0 radical (unpaired) electrons. The molecule has 0 bridgehead atoms. The second-order valence-corrected chi connectivity index (χ2v) is 8.05. The highest BCUT2D eigenvalue weighted by molar-refractivity contribution is 7.98. The zero-order valence-electron chi connectivity index (χ0n) is 18.3. The van der Waals surface area contributed by atoms with Gasteiger partial charge in [0.25, 0.3) is 0 Å². The van der Waals surface area contributed by atoms with Crippen LogP contribution >= 0.6 is 11.8 Å². The summed E-state index contributed by atoms with van der Waals surface area (Å²) >= 11 is 1.82. The Hall–Kier alpha value is -2.42. The fraction of sp³-hybridized carbons (Fsp3) is 0.571. The van der Waals surface area contributed by atoms with Gasteiger partial charge in [0.05, 0.1) is 19.3 Å². The number of ether oxygens (including phenoxy) is 1. The monoisotopic (exact) mass is 431 g/mol. The van der Waals surface area contributed by atoms with Crippen molar-refractivity contribution in [1.82, 2.24) is 25.0 Å². The van der Waals surface area contributed by atoms with Gasteiger partial charge in [0.15, 0.2) is 5.96 Å². The third kappa shape index (κ3) is 5.81. The number of aromatic nitrogens is 3. The van der Waals surface area contributed by atoms with Gasteiger partial charge in [-0.1, -0.05) is 19.1 Å². The molecule has 0 amide bonds. The quantitative estimate of drug-likeness (QED) is 0.370. The summed E-state index contributed by atoms with van der Waals surface area (Å²) in [5.41, 5.74) is 1.16. The second-order valence-electron chi connectivity index (χ2n) is 7.06. The number of hydrogen-bond donors (Lipinski definition) is 1. The number of para-hydroxylation sites is 2. The molecule has 1 fully saturated rings. The molecule has 0 saturated carbocycles. The predicted octanol–water partition coefficient (Wildman–Crippen LogP) is 1.98. The first-order valence-electron chi connectivity index (χ1n) is 10.5. The zero-order valence-corrected chi connectivity index (χ0v) is 19.1. The first-order chi connectivity index (χ1) is 14.8. The standard InChI is InChI=1S/C21H33N7OS/c1-4-20-25-24-17-28(20)11-9-22-21(23-10-16-30-3)27-14-12-26(13-15-27)18-7-5-6-8-19(18)29-2/h5-8,17H,4,9-16H2,1-3H3,(H,22,23). The number of rotatable bonds is 9. The van der Waals surface area contributed by atoms with E-state index in [2.05, 4.69) is 55.2 Å². The predicted molar refractivity (Wildman–Crippen MR) is 125 cm³/mol. The average molecular weight is 432 g/mol. The molecule has 164 valence electrons. The fourth-order valence-corrected chi connectivity index (χ4v) is 3.86. The number of piperazine rings is 1. The van der Waals surface area contributed by atoms with Gasteiger partial charge >= 0.3 is 0 Å². The first-order valence-corrected chi connectivity index (χ1v) is 11.9. The molecule has 8 nitrogen and oxygen atoms in total. The Kier molecular flexibility index (Phi) is 8.67. The van der Waals surface area contributed by atoms with E-state index in [0.29, 0.717) is 0 Å². The van der Waals surface area contributed by atoms with Crippen LogP contribution in [0.3, 0.4) is 0 Å². The lowest BCUT2D eigenvalue weighted by Crippen LogP contribution is -2.53. The van der Waals surface area contributed by atoms with Crippen molar-refractivity contribution >= 4 is 23.4 Å². The SMILES string of the molecule is CCc1nncn1CCNC(=NCCSC)N1CCN(c2ccccc2OC)CC1. The largest absolute Gasteiger partial charge is 0.495 e. The van der Waals surface area contributed by atoms with E-state index in [-0.39, 0.29) is 0 Å². The Labute approximate surface area is 183 Å². The van der Waals surface area contributed by atoms with E-state index in [1.165, 1.54) is 0 Å². The highest BCUT2D eigenvalue weighted by Gasteiger charge is 2.21. The summed E-state index contributed by atoms with van der Waals surface area (Å²) in [6, 6.07) is 8.23. The summed E-state index contributed by atoms with van der Waals surface area (Å²) in [7, 11) is 1.73. The van der Waals surface area contributed by atoms with E-state index in [0.717, 1.165) is 81.2 Å². The van der Waals surface area contributed by atoms with Crippen molar-refractivity contribution in [2.45, 2.75) is 19.9 Å². The molecular weight excluding hydrogens is 398 g/mol. The third-order valence-electron chi connectivity index (χ3n) is 5.21. The van der Waals surface area contributed by atoms with Crippen LogP contribution < -0.4 is 15.0 Å². The molecule has 1 N–H and O–H groups in total. The van der Waals surface area contributed by atoms with Gasteiger partial charge in [0.1, 0.15) is 17.9 Å². The highest BCUT2D eigenvalue weighted by atomic mass is 32.2. The molecule has 2 aromatic rings. The van der Waals surface area contributed by atoms with Crippen LogP contribution in [-0.4, -0.2) is 84.0 Å². The Morgan fingerprint density at radius 3 is 2.77 bits per heavy atom. The van der Waals surface area contributed by atoms with Gasteiger partial charge in [-0.2, -0.15) is 11.8 Å². The van der Waals surface area contributed by atoms with Crippen molar-refractivity contribution in [1.29, 1.82) is 0 Å². The smallest absolute Gasteiger partial charge is 0.194 e. The van der Waals surface area contributed by atoms with Gasteiger partial charge in [-0.3, -0.25) is 4.99 Å². The summed E-state index contributed by atoms with van der Waals surface area (Å²) in [5.74, 6) is 3.97. The maximum absolute atomic E-state index is 5.54. The number of aryl methyl sites for hydroxylation is 1. The van der Waals surface area contributed by atoms with Crippen molar-refractivity contribution < 1.29 is 4.74 Å². The Bertz CT molecular complexity index is 802. The Balaban J connectivity index is 1.58. The lowest BCUT2D eigenvalue weighted by molar-refractivity contribution is 0.366. The van der Waals surface area contributed by atoms with Crippen molar-refractivity contribution in [3.05, 3.63) is 36.4 Å². The van der Waals surface area contributed by atoms with E-state index in [1.807, 2.05) is 23.9 Å². The van der Waals surface area contributed by atoms with Crippen molar-refractivity contribution in [2.24, 2.45) is 4.99 Å². The third-order valence-corrected chi connectivity index (χ3v) is 5.80. The number of benzene rings is 1. The zero-order chi connectivity index (χ0) is 21.2. The van der Waals surface area contributed by atoms with Crippen molar-refractivity contribution in [2.75, 3.05) is 63.3 Å². The molecule has 0 unspecified atom stereocenters. The lowest BCUT2D eigenvalue weighted by Gasteiger charge is -2.38. The summed E-state index contributed by atoms with van der Waals surface area (Å²) in [4.78, 5) is 9.61. The summed E-state index contributed by atoms with van der Waals surface area (Å²) in [6.45, 7) is 8.29. The molecule has 1 saturated heterocycles. The van der Waals surface area contributed by atoms with E-state index in [1.54, 1.807) is 13.4 Å². The van der Waals surface area contributed by atoms with E-state index < -0.39 is 0 Å².